The van der Waals surface area contributed by atoms with Crippen LogP contribution in [0, 0.1) is 0 Å². The normalized spacial score (nSPS) is 15.0. The standard InChI is InChI=1S/C19H15BrN2O5/c1-26-17(23)11-27-16-8-7-12(9-14(16)20)10-15-18(24)22(19(25)21-15)13-5-3-2-4-6-13/h2-10H,11H2,1H3,(H,21,25)/b15-10+. The van der Waals surface area contributed by atoms with Crippen molar-refractivity contribution in [3.63, 3.8) is 0 Å². The molecule has 3 amide bonds. The highest BCUT2D eigenvalue weighted by Gasteiger charge is 2.34. The average molecular weight is 431 g/mol. The molecule has 0 bridgehead atoms. The van der Waals surface area contributed by atoms with Gasteiger partial charge in [0.15, 0.2) is 6.61 Å². The van der Waals surface area contributed by atoms with Crippen molar-refractivity contribution in [1.82, 2.24) is 5.32 Å². The number of amides is 3. The second kappa shape index (κ2) is 8.05. The SMILES string of the molecule is COC(=O)COc1ccc(/C=C2/NC(=O)N(c3ccccc3)C2=O)cc1Br. The third kappa shape index (κ3) is 4.17. The molecule has 0 spiro atoms. The first kappa shape index (κ1) is 18.7. The Kier molecular flexibility index (Phi) is 5.56. The lowest BCUT2D eigenvalue weighted by atomic mass is 10.2. The summed E-state index contributed by atoms with van der Waals surface area (Å²) in [6, 6.07) is 13.2. The van der Waals surface area contributed by atoms with Crippen LogP contribution in [-0.4, -0.2) is 31.6 Å². The summed E-state index contributed by atoms with van der Waals surface area (Å²) in [4.78, 5) is 37.0. The second-order valence-corrected chi connectivity index (χ2v) is 6.37. The number of anilines is 1. The average Bonchev–Trinajstić information content (AvgIpc) is 2.94. The molecule has 1 aliphatic rings. The quantitative estimate of drug-likeness (QED) is 0.447. The van der Waals surface area contributed by atoms with Crippen molar-refractivity contribution in [3.05, 3.63) is 64.3 Å². The Hall–Kier alpha value is -3.13. The van der Waals surface area contributed by atoms with E-state index in [0.717, 1.165) is 4.90 Å². The van der Waals surface area contributed by atoms with E-state index < -0.39 is 17.9 Å². The molecule has 2 aromatic carbocycles. The fraction of sp³-hybridized carbons (Fsp3) is 0.105. The van der Waals surface area contributed by atoms with E-state index in [-0.39, 0.29) is 12.3 Å². The summed E-state index contributed by atoms with van der Waals surface area (Å²) in [5.41, 5.74) is 1.33. The summed E-state index contributed by atoms with van der Waals surface area (Å²) in [7, 11) is 1.28. The zero-order chi connectivity index (χ0) is 19.4. The van der Waals surface area contributed by atoms with Gasteiger partial charge in [0.1, 0.15) is 11.4 Å². The van der Waals surface area contributed by atoms with E-state index >= 15 is 0 Å². The Morgan fingerprint density at radius 3 is 2.59 bits per heavy atom. The molecule has 1 heterocycles. The molecule has 138 valence electrons. The van der Waals surface area contributed by atoms with E-state index in [1.165, 1.54) is 7.11 Å². The smallest absolute Gasteiger partial charge is 0.343 e. The van der Waals surface area contributed by atoms with Crippen LogP contribution < -0.4 is 15.0 Å². The number of benzene rings is 2. The summed E-state index contributed by atoms with van der Waals surface area (Å²) >= 11 is 3.36. The molecule has 2 aromatic rings. The van der Waals surface area contributed by atoms with Crippen LogP contribution in [0.4, 0.5) is 10.5 Å². The first-order valence-corrected chi connectivity index (χ1v) is 8.70. The van der Waals surface area contributed by atoms with Crippen molar-refractivity contribution in [2.24, 2.45) is 0 Å². The summed E-state index contributed by atoms with van der Waals surface area (Å²) in [5, 5.41) is 2.57. The molecule has 7 nitrogen and oxygen atoms in total. The Morgan fingerprint density at radius 1 is 1.19 bits per heavy atom. The molecule has 1 saturated heterocycles. The number of rotatable bonds is 5. The molecular weight excluding hydrogens is 416 g/mol. The van der Waals surface area contributed by atoms with Crippen LogP contribution in [0.15, 0.2) is 58.7 Å². The van der Waals surface area contributed by atoms with Gasteiger partial charge in [-0.1, -0.05) is 24.3 Å². The zero-order valence-electron chi connectivity index (χ0n) is 14.3. The van der Waals surface area contributed by atoms with Crippen LogP contribution in [0.1, 0.15) is 5.56 Å². The van der Waals surface area contributed by atoms with E-state index in [1.54, 1.807) is 54.6 Å². The van der Waals surface area contributed by atoms with Gasteiger partial charge in [-0.05, 0) is 51.8 Å². The second-order valence-electron chi connectivity index (χ2n) is 5.52. The van der Waals surface area contributed by atoms with Crippen LogP contribution in [0.5, 0.6) is 5.75 Å². The molecule has 0 aliphatic carbocycles. The van der Waals surface area contributed by atoms with Crippen molar-refractivity contribution in [2.75, 3.05) is 18.6 Å². The van der Waals surface area contributed by atoms with Crippen molar-refractivity contribution in [1.29, 1.82) is 0 Å². The fourth-order valence-electron chi connectivity index (χ4n) is 2.43. The number of nitrogens with one attached hydrogen (secondary N) is 1. The van der Waals surface area contributed by atoms with Crippen LogP contribution in [0.3, 0.4) is 0 Å². The van der Waals surface area contributed by atoms with E-state index in [1.807, 2.05) is 0 Å². The summed E-state index contributed by atoms with van der Waals surface area (Å²) in [6.07, 6.45) is 1.57. The number of methoxy groups -OCH3 is 1. The van der Waals surface area contributed by atoms with E-state index in [9.17, 15) is 14.4 Å². The molecule has 1 N–H and O–H groups in total. The number of urea groups is 1. The zero-order valence-corrected chi connectivity index (χ0v) is 15.9. The molecule has 0 atom stereocenters. The summed E-state index contributed by atoms with van der Waals surface area (Å²) in [5.74, 6) is -0.475. The lowest BCUT2D eigenvalue weighted by Gasteiger charge is -2.11. The Morgan fingerprint density at radius 2 is 1.93 bits per heavy atom. The Bertz CT molecular complexity index is 927. The van der Waals surface area contributed by atoms with Crippen LogP contribution in [0.2, 0.25) is 0 Å². The monoisotopic (exact) mass is 430 g/mol. The number of ether oxygens (including phenoxy) is 2. The molecule has 8 heteroatoms. The van der Waals surface area contributed by atoms with Crippen molar-refractivity contribution in [3.8, 4) is 5.75 Å². The Labute approximate surface area is 163 Å². The topological polar surface area (TPSA) is 84.9 Å². The predicted octanol–water partition coefficient (Wildman–Crippen LogP) is 3.10. The van der Waals surface area contributed by atoms with Crippen LogP contribution in [0.25, 0.3) is 6.08 Å². The number of nitrogens with zero attached hydrogens (tertiary/aromatic N) is 1. The largest absolute Gasteiger partial charge is 0.481 e. The maximum Gasteiger partial charge on any atom is 0.343 e. The molecule has 0 saturated carbocycles. The van der Waals surface area contributed by atoms with Gasteiger partial charge in [0.05, 0.1) is 17.3 Å². The lowest BCUT2D eigenvalue weighted by Crippen LogP contribution is -2.30. The minimum atomic E-state index is -0.505. The fourth-order valence-corrected chi connectivity index (χ4v) is 2.94. The number of carbonyl (C=O) groups is 3. The summed E-state index contributed by atoms with van der Waals surface area (Å²) in [6.45, 7) is -0.212. The number of esters is 1. The van der Waals surface area contributed by atoms with Crippen LogP contribution in [-0.2, 0) is 14.3 Å². The maximum absolute atomic E-state index is 12.6. The third-order valence-electron chi connectivity index (χ3n) is 3.73. The number of halogens is 1. The van der Waals surface area contributed by atoms with Gasteiger partial charge in [0.25, 0.3) is 5.91 Å². The van der Waals surface area contributed by atoms with E-state index in [4.69, 9.17) is 4.74 Å². The molecule has 0 aromatic heterocycles. The van der Waals surface area contributed by atoms with Crippen LogP contribution >= 0.6 is 15.9 Å². The molecule has 1 aliphatic heterocycles. The van der Waals surface area contributed by atoms with Crippen molar-refractivity contribution in [2.45, 2.75) is 0 Å². The number of hydrogen-bond donors (Lipinski definition) is 1. The van der Waals surface area contributed by atoms with Gasteiger partial charge < -0.3 is 14.8 Å². The number of hydrogen-bond acceptors (Lipinski definition) is 5. The molecule has 27 heavy (non-hydrogen) atoms. The first-order valence-electron chi connectivity index (χ1n) is 7.91. The lowest BCUT2D eigenvalue weighted by molar-refractivity contribution is -0.142. The molecule has 3 rings (SSSR count). The van der Waals surface area contributed by atoms with Gasteiger partial charge in [-0.15, -0.1) is 0 Å². The van der Waals surface area contributed by atoms with Gasteiger partial charge in [0, 0.05) is 0 Å². The highest BCUT2D eigenvalue weighted by atomic mass is 79.9. The minimum absolute atomic E-state index is 0.166. The Balaban J connectivity index is 1.79. The first-order chi connectivity index (χ1) is 13.0. The third-order valence-corrected chi connectivity index (χ3v) is 4.35. The highest BCUT2D eigenvalue weighted by molar-refractivity contribution is 9.10. The van der Waals surface area contributed by atoms with Gasteiger partial charge in [0.2, 0.25) is 0 Å². The minimum Gasteiger partial charge on any atom is -0.481 e. The summed E-state index contributed by atoms with van der Waals surface area (Å²) < 4.78 is 10.5. The van der Waals surface area contributed by atoms with Crippen molar-refractivity contribution < 1.29 is 23.9 Å². The van der Waals surface area contributed by atoms with Gasteiger partial charge in [-0.2, -0.15) is 0 Å². The number of imide groups is 1. The van der Waals surface area contributed by atoms with Gasteiger partial charge >= 0.3 is 12.0 Å². The van der Waals surface area contributed by atoms with E-state index in [2.05, 4.69) is 26.0 Å². The van der Waals surface area contributed by atoms with Crippen molar-refractivity contribution >= 4 is 45.6 Å². The predicted molar refractivity (Wildman–Crippen MR) is 102 cm³/mol. The molecular formula is C19H15BrN2O5. The number of carbonyl (C=O) groups excluding carboxylic acids is 3. The molecule has 0 unspecified atom stereocenters. The van der Waals surface area contributed by atoms with E-state index in [0.29, 0.717) is 21.5 Å². The highest BCUT2D eigenvalue weighted by Crippen LogP contribution is 2.28. The molecule has 0 radical (unpaired) electrons. The number of para-hydroxylation sites is 1. The maximum atomic E-state index is 12.6. The van der Waals surface area contributed by atoms with Gasteiger partial charge in [-0.3, -0.25) is 4.79 Å². The molecule has 1 fully saturated rings. The van der Waals surface area contributed by atoms with Gasteiger partial charge in [-0.25, -0.2) is 14.5 Å².